The quantitative estimate of drug-likeness (QED) is 0.374. The second-order valence-electron chi connectivity index (χ2n) is 3.33. The van der Waals surface area contributed by atoms with Crippen molar-refractivity contribution >= 4 is 34.1 Å². The molecule has 0 aliphatic heterocycles. The van der Waals surface area contributed by atoms with Gasteiger partial charge in [0.2, 0.25) is 5.91 Å². The maximum Gasteiger partial charge on any atom is 0.230 e. The number of amides is 1. The summed E-state index contributed by atoms with van der Waals surface area (Å²) in [7, 11) is 1.22. The molecule has 88 valence electrons. The molecule has 0 saturated heterocycles. The molecule has 0 aromatic rings. The van der Waals surface area contributed by atoms with Crippen molar-refractivity contribution in [1.29, 1.82) is 0 Å². The van der Waals surface area contributed by atoms with Gasteiger partial charge in [0.05, 0.1) is 5.75 Å². The Balaban J connectivity index is 3.18. The second-order valence-corrected chi connectivity index (χ2v) is 4.65. The van der Waals surface area contributed by atoms with Crippen molar-refractivity contribution < 1.29 is 9.59 Å². The number of rotatable bonds is 9. The van der Waals surface area contributed by atoms with Crippen molar-refractivity contribution in [2.24, 2.45) is 0 Å². The lowest BCUT2D eigenvalue weighted by Crippen LogP contribution is -2.25. The molecule has 0 aromatic carbocycles. The van der Waals surface area contributed by atoms with Crippen LogP contribution in [0.4, 0.5) is 0 Å². The van der Waals surface area contributed by atoms with Crippen LogP contribution >= 0.6 is 22.5 Å². The highest BCUT2D eigenvalue weighted by molar-refractivity contribution is 8.68. The summed E-state index contributed by atoms with van der Waals surface area (Å²) in [6, 6.07) is 0. The maximum absolute atomic E-state index is 11.0. The molecule has 0 radical (unpaired) electrons. The van der Waals surface area contributed by atoms with E-state index in [0.717, 1.165) is 19.3 Å². The first-order valence-corrected chi connectivity index (χ1v) is 7.29. The van der Waals surface area contributed by atoms with Crippen molar-refractivity contribution in [1.82, 2.24) is 5.32 Å². The van der Waals surface area contributed by atoms with Gasteiger partial charge in [-0.1, -0.05) is 24.1 Å². The summed E-state index contributed by atoms with van der Waals surface area (Å²) in [4.78, 5) is 22.0. The van der Waals surface area contributed by atoms with E-state index >= 15 is 0 Å². The molecular weight excluding hydrogens is 230 g/mol. The van der Waals surface area contributed by atoms with Crippen LogP contribution in [0.15, 0.2) is 0 Å². The zero-order valence-corrected chi connectivity index (χ0v) is 10.8. The molecule has 0 aliphatic carbocycles. The van der Waals surface area contributed by atoms with E-state index in [0.29, 0.717) is 30.9 Å². The first kappa shape index (κ1) is 14.8. The molecule has 0 spiro atoms. The van der Waals surface area contributed by atoms with E-state index in [-0.39, 0.29) is 5.91 Å². The van der Waals surface area contributed by atoms with E-state index in [9.17, 15) is 9.59 Å². The molecule has 0 rings (SSSR count). The summed E-state index contributed by atoms with van der Waals surface area (Å²) < 4.78 is 0. The Bertz CT molecular complexity index is 198. The second kappa shape index (κ2) is 10.4. The Morgan fingerprint density at radius 3 is 2.60 bits per heavy atom. The average molecular weight is 249 g/mol. The molecule has 0 bridgehead atoms. The van der Waals surface area contributed by atoms with E-state index in [1.165, 1.54) is 10.8 Å². The molecule has 0 aromatic heterocycles. The first-order valence-electron chi connectivity index (χ1n) is 5.25. The van der Waals surface area contributed by atoms with Crippen LogP contribution in [0.2, 0.25) is 0 Å². The third-order valence-electron chi connectivity index (χ3n) is 2.04. The normalized spacial score (nSPS) is 10.0. The van der Waals surface area contributed by atoms with Crippen LogP contribution in [-0.2, 0) is 9.59 Å². The van der Waals surface area contributed by atoms with Crippen LogP contribution in [0.5, 0.6) is 0 Å². The number of unbranched alkanes of at least 4 members (excludes halogenated alkanes) is 2. The SMILES string of the molecule is CCC(=O)CCCCCNC(=O)CSS. The molecule has 1 N–H and O–H groups in total. The standard InChI is InChI=1S/C10H19NO2S2/c1-2-9(12)6-4-3-5-7-11-10(13)8-15-14/h14H,2-8H2,1H3,(H,11,13). The largest absolute Gasteiger partial charge is 0.355 e. The Labute approximate surface area is 101 Å². The van der Waals surface area contributed by atoms with Gasteiger partial charge >= 0.3 is 0 Å². The summed E-state index contributed by atoms with van der Waals surface area (Å²) in [5, 5.41) is 2.79. The Morgan fingerprint density at radius 2 is 2.00 bits per heavy atom. The van der Waals surface area contributed by atoms with E-state index in [1.807, 2.05) is 6.92 Å². The lowest BCUT2D eigenvalue weighted by atomic mass is 10.1. The smallest absolute Gasteiger partial charge is 0.230 e. The van der Waals surface area contributed by atoms with E-state index < -0.39 is 0 Å². The maximum atomic E-state index is 11.0. The van der Waals surface area contributed by atoms with Gasteiger partial charge in [0.1, 0.15) is 5.78 Å². The van der Waals surface area contributed by atoms with Gasteiger partial charge in [0, 0.05) is 19.4 Å². The Kier molecular flexibility index (Phi) is 10.3. The highest BCUT2D eigenvalue weighted by Gasteiger charge is 2.00. The molecule has 15 heavy (non-hydrogen) atoms. The topological polar surface area (TPSA) is 46.2 Å². The van der Waals surface area contributed by atoms with Crippen molar-refractivity contribution in [3.8, 4) is 0 Å². The summed E-state index contributed by atoms with van der Waals surface area (Å²) in [6.45, 7) is 2.59. The van der Waals surface area contributed by atoms with Crippen LogP contribution < -0.4 is 5.32 Å². The van der Waals surface area contributed by atoms with Gasteiger partial charge in [-0.25, -0.2) is 0 Å². The lowest BCUT2D eigenvalue weighted by molar-refractivity contribution is -0.119. The number of nitrogens with one attached hydrogen (secondary N) is 1. The predicted octanol–water partition coefficient (Wildman–Crippen LogP) is 2.22. The van der Waals surface area contributed by atoms with Gasteiger partial charge in [-0.3, -0.25) is 9.59 Å². The van der Waals surface area contributed by atoms with E-state index in [2.05, 4.69) is 17.0 Å². The third-order valence-corrected chi connectivity index (χ3v) is 2.82. The summed E-state index contributed by atoms with van der Waals surface area (Å²) in [6.07, 6.45) is 4.19. The summed E-state index contributed by atoms with van der Waals surface area (Å²) in [5.74, 6) is 0.752. The molecular formula is C10H19NO2S2. The van der Waals surface area contributed by atoms with Gasteiger partial charge in [-0.2, -0.15) is 0 Å². The first-order chi connectivity index (χ1) is 7.20. The summed E-state index contributed by atoms with van der Waals surface area (Å²) >= 11 is 3.89. The molecule has 3 nitrogen and oxygen atoms in total. The van der Waals surface area contributed by atoms with E-state index in [4.69, 9.17) is 0 Å². The fraction of sp³-hybridized carbons (Fsp3) is 0.800. The van der Waals surface area contributed by atoms with Crippen LogP contribution in [0.3, 0.4) is 0 Å². The van der Waals surface area contributed by atoms with Gasteiger partial charge < -0.3 is 5.32 Å². The number of hydrogen-bond donors (Lipinski definition) is 2. The summed E-state index contributed by atoms with van der Waals surface area (Å²) in [5.41, 5.74) is 0. The molecule has 0 atom stereocenters. The van der Waals surface area contributed by atoms with E-state index in [1.54, 1.807) is 0 Å². The fourth-order valence-corrected chi connectivity index (χ4v) is 1.71. The molecule has 5 heteroatoms. The molecule has 0 heterocycles. The third kappa shape index (κ3) is 10.1. The Morgan fingerprint density at radius 1 is 1.27 bits per heavy atom. The van der Waals surface area contributed by atoms with Gasteiger partial charge in [0.15, 0.2) is 0 Å². The number of hydrogen-bond acceptors (Lipinski definition) is 4. The zero-order valence-electron chi connectivity index (χ0n) is 9.12. The molecule has 1 amide bonds. The Hall–Kier alpha value is -0.160. The number of Topliss-reactive ketones (excluding diaryl/α,β-unsaturated/α-hetero) is 1. The highest BCUT2D eigenvalue weighted by atomic mass is 33.1. The van der Waals surface area contributed by atoms with Crippen molar-refractivity contribution in [3.63, 3.8) is 0 Å². The number of carbonyl (C=O) groups is 2. The molecule has 0 unspecified atom stereocenters. The van der Waals surface area contributed by atoms with Gasteiger partial charge in [-0.15, -0.1) is 11.7 Å². The molecule has 0 saturated carbocycles. The minimum atomic E-state index is 0.0274. The van der Waals surface area contributed by atoms with Crippen molar-refractivity contribution in [3.05, 3.63) is 0 Å². The molecule has 0 aliphatic rings. The number of carbonyl (C=O) groups excluding carboxylic acids is 2. The monoisotopic (exact) mass is 249 g/mol. The lowest BCUT2D eigenvalue weighted by Gasteiger charge is -2.03. The highest BCUT2D eigenvalue weighted by Crippen LogP contribution is 2.03. The van der Waals surface area contributed by atoms with Crippen LogP contribution in [0.25, 0.3) is 0 Å². The minimum Gasteiger partial charge on any atom is -0.355 e. The van der Waals surface area contributed by atoms with Crippen molar-refractivity contribution in [2.75, 3.05) is 12.3 Å². The van der Waals surface area contributed by atoms with Crippen molar-refractivity contribution in [2.45, 2.75) is 39.0 Å². The number of thiol groups is 1. The fourth-order valence-electron chi connectivity index (χ4n) is 1.14. The average Bonchev–Trinajstić information content (AvgIpc) is 2.23. The van der Waals surface area contributed by atoms with Crippen LogP contribution in [0, 0.1) is 0 Å². The van der Waals surface area contributed by atoms with Gasteiger partial charge in [-0.05, 0) is 12.8 Å². The van der Waals surface area contributed by atoms with Gasteiger partial charge in [0.25, 0.3) is 0 Å². The zero-order chi connectivity index (χ0) is 11.5. The van der Waals surface area contributed by atoms with Crippen LogP contribution in [0.1, 0.15) is 39.0 Å². The molecule has 0 fully saturated rings. The predicted molar refractivity (Wildman–Crippen MR) is 68.2 cm³/mol. The number of ketones is 1. The minimum absolute atomic E-state index is 0.0274. The van der Waals surface area contributed by atoms with Crippen LogP contribution in [-0.4, -0.2) is 24.0 Å².